The number of aliphatic carboxylic acids is 1. The van der Waals surface area contributed by atoms with Crippen LogP contribution in [-0.2, 0) is 11.2 Å². The molecule has 0 fully saturated rings. The molecule has 2 heterocycles. The zero-order valence-corrected chi connectivity index (χ0v) is 17.4. The molecule has 6 nitrogen and oxygen atoms in total. The molecule has 0 aliphatic rings. The average molecular weight is 500 g/mol. The number of hydrogen-bond donors (Lipinski definition) is 1. The molecule has 0 saturated heterocycles. The van der Waals surface area contributed by atoms with Crippen LogP contribution in [0.1, 0.15) is 18.6 Å². The van der Waals surface area contributed by atoms with E-state index in [0.29, 0.717) is 23.8 Å². The van der Waals surface area contributed by atoms with Crippen molar-refractivity contribution in [2.75, 3.05) is 0 Å². The van der Waals surface area contributed by atoms with Gasteiger partial charge in [0.1, 0.15) is 16.4 Å². The number of thioether (sulfide) groups is 1. The fraction of sp³-hybridized carbons (Fsp3) is 0.118. The molecule has 1 N–H and O–H groups in total. The first kappa shape index (κ1) is 18.9. The number of carbonyl (C=O) groups is 1. The van der Waals surface area contributed by atoms with Crippen LogP contribution in [0.25, 0.3) is 17.4 Å². The van der Waals surface area contributed by atoms with Crippen molar-refractivity contribution in [1.29, 1.82) is 0 Å². The Balaban J connectivity index is 1.88. The molecule has 3 aromatic rings. The van der Waals surface area contributed by atoms with Crippen LogP contribution in [-0.4, -0.2) is 21.3 Å². The number of aromatic nitrogens is 2. The Morgan fingerprint density at radius 2 is 2.04 bits per heavy atom. The Hall–Kier alpha value is -1.84. The second kappa shape index (κ2) is 8.24. The Labute approximate surface area is 169 Å². The van der Waals surface area contributed by atoms with Crippen molar-refractivity contribution >= 4 is 55.7 Å². The summed E-state index contributed by atoms with van der Waals surface area (Å²) in [5.41, 5.74) is 0.855. The van der Waals surface area contributed by atoms with Crippen LogP contribution in [0, 0.1) is 0 Å². The molecule has 0 unspecified atom stereocenters. The van der Waals surface area contributed by atoms with Crippen molar-refractivity contribution in [3.63, 3.8) is 0 Å². The van der Waals surface area contributed by atoms with Gasteiger partial charge in [0.15, 0.2) is 0 Å². The summed E-state index contributed by atoms with van der Waals surface area (Å²) in [7, 11) is 0. The third kappa shape index (κ3) is 4.46. The van der Waals surface area contributed by atoms with Gasteiger partial charge in [-0.2, -0.15) is 0 Å². The fourth-order valence-corrected chi connectivity index (χ4v) is 3.52. The van der Waals surface area contributed by atoms with Gasteiger partial charge in [-0.15, -0.1) is 10.2 Å². The van der Waals surface area contributed by atoms with Gasteiger partial charge in [0.25, 0.3) is 5.22 Å². The summed E-state index contributed by atoms with van der Waals surface area (Å²) in [4.78, 5) is 11.5. The molecular weight excluding hydrogens is 488 g/mol. The molecular formula is C17H12Br2N2O4S. The SMILES string of the molecule is CCc1nnc(S/C(=C/c2ccc(-c3cc(Br)ccc3Br)o2)C(=O)O)o1. The van der Waals surface area contributed by atoms with Gasteiger partial charge >= 0.3 is 5.97 Å². The van der Waals surface area contributed by atoms with Crippen LogP contribution < -0.4 is 0 Å². The van der Waals surface area contributed by atoms with Gasteiger partial charge in [0.05, 0.1) is 0 Å². The lowest BCUT2D eigenvalue weighted by atomic mass is 10.2. The number of furan rings is 1. The first-order valence-electron chi connectivity index (χ1n) is 7.46. The quantitative estimate of drug-likeness (QED) is 0.347. The number of nitrogens with zero attached hydrogens (tertiary/aromatic N) is 2. The molecule has 0 atom stereocenters. The average Bonchev–Trinajstić information content (AvgIpc) is 3.25. The second-order valence-electron chi connectivity index (χ2n) is 5.06. The number of benzene rings is 1. The number of rotatable bonds is 6. The van der Waals surface area contributed by atoms with Crippen molar-refractivity contribution in [2.24, 2.45) is 0 Å². The van der Waals surface area contributed by atoms with E-state index in [9.17, 15) is 9.90 Å². The van der Waals surface area contributed by atoms with Crippen LogP contribution >= 0.6 is 43.6 Å². The standard InChI is InChI=1S/C17H12Br2N2O4S/c1-2-15-20-21-17(25-15)26-14(16(22)23)8-10-4-6-13(24-10)11-7-9(18)3-5-12(11)19/h3-8H,2H2,1H3,(H,22,23)/b14-8+. The minimum absolute atomic E-state index is 0.0190. The van der Waals surface area contributed by atoms with Crippen LogP contribution in [0.5, 0.6) is 0 Å². The van der Waals surface area contributed by atoms with Gasteiger partial charge in [-0.05, 0) is 42.1 Å². The summed E-state index contributed by atoms with van der Waals surface area (Å²) >= 11 is 7.79. The molecule has 26 heavy (non-hydrogen) atoms. The normalized spacial score (nSPS) is 11.7. The molecule has 134 valence electrons. The Morgan fingerprint density at radius 1 is 1.23 bits per heavy atom. The zero-order chi connectivity index (χ0) is 18.7. The van der Waals surface area contributed by atoms with Gasteiger partial charge < -0.3 is 13.9 Å². The molecule has 9 heteroatoms. The smallest absolute Gasteiger partial charge is 0.342 e. The van der Waals surface area contributed by atoms with Crippen LogP contribution in [0.15, 0.2) is 58.2 Å². The summed E-state index contributed by atoms with van der Waals surface area (Å²) in [6.07, 6.45) is 2.01. The molecule has 0 amide bonds. The van der Waals surface area contributed by atoms with Crippen LogP contribution in [0.3, 0.4) is 0 Å². The highest BCUT2D eigenvalue weighted by Crippen LogP contribution is 2.34. The Bertz CT molecular complexity index is 981. The van der Waals surface area contributed by atoms with E-state index in [1.807, 2.05) is 25.1 Å². The maximum Gasteiger partial charge on any atom is 0.342 e. The Kier molecular flexibility index (Phi) is 6.00. The van der Waals surface area contributed by atoms with E-state index in [0.717, 1.165) is 26.3 Å². The number of carboxylic acids is 1. The topological polar surface area (TPSA) is 89.4 Å². The van der Waals surface area contributed by atoms with E-state index >= 15 is 0 Å². The first-order chi connectivity index (χ1) is 12.5. The summed E-state index contributed by atoms with van der Waals surface area (Å²) in [5, 5.41) is 17.3. The molecule has 0 aliphatic heterocycles. The number of carboxylic acid groups (broad SMARTS) is 1. The second-order valence-corrected chi connectivity index (χ2v) is 7.82. The highest BCUT2D eigenvalue weighted by Gasteiger charge is 2.16. The van der Waals surface area contributed by atoms with E-state index in [4.69, 9.17) is 8.83 Å². The van der Waals surface area contributed by atoms with Crippen LogP contribution in [0.2, 0.25) is 0 Å². The molecule has 0 aliphatic carbocycles. The van der Waals surface area contributed by atoms with E-state index < -0.39 is 5.97 Å². The van der Waals surface area contributed by atoms with Crippen LogP contribution in [0.4, 0.5) is 0 Å². The summed E-state index contributed by atoms with van der Waals surface area (Å²) in [6, 6.07) is 9.21. The molecule has 0 bridgehead atoms. The monoisotopic (exact) mass is 498 g/mol. The maximum absolute atomic E-state index is 11.5. The summed E-state index contributed by atoms with van der Waals surface area (Å²) in [6.45, 7) is 1.88. The minimum Gasteiger partial charge on any atom is -0.477 e. The van der Waals surface area contributed by atoms with E-state index in [2.05, 4.69) is 42.1 Å². The Morgan fingerprint density at radius 3 is 2.73 bits per heavy atom. The predicted octanol–water partition coefficient (Wildman–Crippen LogP) is 5.63. The number of aryl methyl sites for hydroxylation is 1. The van der Waals surface area contributed by atoms with Gasteiger partial charge in [0, 0.05) is 27.0 Å². The molecule has 0 spiro atoms. The number of hydrogen-bond acceptors (Lipinski definition) is 6. The lowest BCUT2D eigenvalue weighted by Crippen LogP contribution is -1.96. The lowest BCUT2D eigenvalue weighted by Gasteiger charge is -2.02. The molecule has 0 saturated carbocycles. The van der Waals surface area contributed by atoms with Crippen molar-refractivity contribution in [3.05, 3.63) is 55.8 Å². The first-order valence-corrected chi connectivity index (χ1v) is 9.87. The number of halogens is 2. The third-order valence-corrected chi connectivity index (χ3v) is 5.29. The lowest BCUT2D eigenvalue weighted by molar-refractivity contribution is -0.131. The van der Waals surface area contributed by atoms with Crippen molar-refractivity contribution < 1.29 is 18.7 Å². The van der Waals surface area contributed by atoms with Gasteiger partial charge in [-0.1, -0.05) is 38.8 Å². The van der Waals surface area contributed by atoms with Gasteiger partial charge in [-0.25, -0.2) is 4.79 Å². The molecule has 2 aromatic heterocycles. The van der Waals surface area contributed by atoms with Crippen molar-refractivity contribution in [2.45, 2.75) is 18.6 Å². The highest BCUT2D eigenvalue weighted by molar-refractivity contribution is 9.11. The highest BCUT2D eigenvalue weighted by atomic mass is 79.9. The third-order valence-electron chi connectivity index (χ3n) is 3.25. The minimum atomic E-state index is -1.10. The fourth-order valence-electron chi connectivity index (χ4n) is 2.04. The summed E-state index contributed by atoms with van der Waals surface area (Å²) in [5.74, 6) is 0.377. The van der Waals surface area contributed by atoms with E-state index in [-0.39, 0.29) is 10.1 Å². The van der Waals surface area contributed by atoms with Gasteiger partial charge in [-0.3, -0.25) is 0 Å². The van der Waals surface area contributed by atoms with Crippen molar-refractivity contribution in [3.8, 4) is 11.3 Å². The van der Waals surface area contributed by atoms with E-state index in [1.54, 1.807) is 12.1 Å². The van der Waals surface area contributed by atoms with E-state index in [1.165, 1.54) is 6.08 Å². The predicted molar refractivity (Wildman–Crippen MR) is 105 cm³/mol. The van der Waals surface area contributed by atoms with Crippen molar-refractivity contribution in [1.82, 2.24) is 10.2 Å². The largest absolute Gasteiger partial charge is 0.477 e. The molecule has 3 rings (SSSR count). The van der Waals surface area contributed by atoms with Gasteiger partial charge in [0.2, 0.25) is 5.89 Å². The summed E-state index contributed by atoms with van der Waals surface area (Å²) < 4.78 is 12.9. The molecule has 0 radical (unpaired) electrons. The zero-order valence-electron chi connectivity index (χ0n) is 13.4. The molecule has 1 aromatic carbocycles. The maximum atomic E-state index is 11.5.